The number of rotatable bonds is 9. The van der Waals surface area contributed by atoms with Crippen LogP contribution in [0.15, 0.2) is 55.0 Å². The molecule has 0 unspecified atom stereocenters. The number of carbonyl (C=O) groups excluding carboxylic acids is 1. The minimum absolute atomic E-state index is 0.226. The summed E-state index contributed by atoms with van der Waals surface area (Å²) in [7, 11) is 0. The Kier molecular flexibility index (Phi) is 7.97. The van der Waals surface area contributed by atoms with Crippen LogP contribution in [0.2, 0.25) is 0 Å². The van der Waals surface area contributed by atoms with Crippen molar-refractivity contribution in [2.45, 2.75) is 12.6 Å². The van der Waals surface area contributed by atoms with Crippen molar-refractivity contribution in [1.82, 2.24) is 15.2 Å². The Labute approximate surface area is 193 Å². The lowest BCUT2D eigenvalue weighted by molar-refractivity contribution is -0.111. The maximum absolute atomic E-state index is 12.5. The number of carbonyl (C=O) groups is 1. The van der Waals surface area contributed by atoms with Crippen molar-refractivity contribution in [3.63, 3.8) is 0 Å². The summed E-state index contributed by atoms with van der Waals surface area (Å²) in [5.41, 5.74) is 4.24. The van der Waals surface area contributed by atoms with Crippen molar-refractivity contribution in [2.24, 2.45) is 0 Å². The topological polar surface area (TPSA) is 99.6 Å². The molecule has 3 N–H and O–H groups in total. The average Bonchev–Trinajstić information content (AvgIpc) is 2.82. The second-order valence-electron chi connectivity index (χ2n) is 8.02. The third-order valence-corrected chi connectivity index (χ3v) is 5.58. The maximum Gasteiger partial charge on any atom is 0.248 e. The molecule has 2 aliphatic heterocycles. The summed E-state index contributed by atoms with van der Waals surface area (Å²) in [6.07, 6.45) is 9.66. The van der Waals surface area contributed by atoms with Gasteiger partial charge in [-0.15, -0.1) is 0 Å². The van der Waals surface area contributed by atoms with E-state index in [2.05, 4.69) is 20.5 Å². The summed E-state index contributed by atoms with van der Waals surface area (Å²) in [6.45, 7) is 5.66. The van der Waals surface area contributed by atoms with Gasteiger partial charge < -0.3 is 25.5 Å². The predicted octanol–water partition coefficient (Wildman–Crippen LogP) is 2.54. The van der Waals surface area contributed by atoms with E-state index in [1.165, 1.54) is 17.9 Å². The first-order chi connectivity index (χ1) is 16.2. The molecule has 8 nitrogen and oxygen atoms in total. The zero-order valence-electron chi connectivity index (χ0n) is 18.5. The number of anilines is 1. The quantitative estimate of drug-likeness (QED) is 0.404. The van der Waals surface area contributed by atoms with Crippen molar-refractivity contribution in [3.05, 3.63) is 71.7 Å². The fraction of sp³-hybridized carbons (Fsp3) is 0.320. The van der Waals surface area contributed by atoms with E-state index < -0.39 is 0 Å². The molecule has 1 aromatic carbocycles. The van der Waals surface area contributed by atoms with E-state index in [-0.39, 0.29) is 11.9 Å². The molecule has 0 saturated carbocycles. The van der Waals surface area contributed by atoms with Crippen LogP contribution in [0, 0.1) is 5.41 Å². The number of morpholine rings is 1. The number of amides is 1. The zero-order chi connectivity index (χ0) is 22.9. The lowest BCUT2D eigenvalue weighted by atomic mass is 10.0. The van der Waals surface area contributed by atoms with E-state index in [9.17, 15) is 4.79 Å². The van der Waals surface area contributed by atoms with Gasteiger partial charge in [0.05, 0.1) is 32.5 Å². The van der Waals surface area contributed by atoms with Crippen LogP contribution >= 0.6 is 0 Å². The Bertz CT molecular complexity index is 1010. The molecule has 2 aliphatic rings. The molecule has 2 fully saturated rings. The molecule has 3 heterocycles. The molecule has 2 aromatic rings. The van der Waals surface area contributed by atoms with Crippen molar-refractivity contribution >= 4 is 29.5 Å². The number of allylic oxidation sites excluding steroid dienone is 1. The number of pyridine rings is 1. The molecular formula is C25H29N5O3. The third-order valence-electron chi connectivity index (χ3n) is 5.58. The molecule has 0 radical (unpaired) electrons. The normalized spacial score (nSPS) is 17.5. The number of nitrogens with zero attached hydrogens (tertiary/aromatic N) is 2. The standard InChI is InChI=1S/C25H29N5O3/c26-13-21(15-28-23-17-33-18-23)24-7-8-27-14-20(24)3-6-25(31)29-22-4-1-19(2-5-22)16-30-9-11-32-12-10-30/h1-8,13-15,23,26,28H,9-12,16-18H2,(H,29,31)/b6-3+,21-15+,26-13?. The Morgan fingerprint density at radius 2 is 1.94 bits per heavy atom. The van der Waals surface area contributed by atoms with Crippen molar-refractivity contribution in [2.75, 3.05) is 44.8 Å². The number of hydrogen-bond donors (Lipinski definition) is 3. The first-order valence-corrected chi connectivity index (χ1v) is 11.1. The van der Waals surface area contributed by atoms with Crippen LogP contribution in [0.3, 0.4) is 0 Å². The molecule has 172 valence electrons. The average molecular weight is 448 g/mol. The Balaban J connectivity index is 1.36. The fourth-order valence-corrected chi connectivity index (χ4v) is 3.60. The molecule has 2 saturated heterocycles. The van der Waals surface area contributed by atoms with E-state index >= 15 is 0 Å². The smallest absolute Gasteiger partial charge is 0.248 e. The Morgan fingerprint density at radius 1 is 1.15 bits per heavy atom. The van der Waals surface area contributed by atoms with Gasteiger partial charge in [0, 0.05) is 67.3 Å². The van der Waals surface area contributed by atoms with Gasteiger partial charge in [-0.1, -0.05) is 12.1 Å². The van der Waals surface area contributed by atoms with E-state index in [1.54, 1.807) is 18.5 Å². The summed E-state index contributed by atoms with van der Waals surface area (Å²) in [4.78, 5) is 19.0. The number of hydrogen-bond acceptors (Lipinski definition) is 7. The number of benzene rings is 1. The van der Waals surface area contributed by atoms with Crippen molar-refractivity contribution in [1.29, 1.82) is 5.41 Å². The van der Waals surface area contributed by atoms with Crippen LogP contribution in [0.1, 0.15) is 16.7 Å². The highest BCUT2D eigenvalue weighted by Gasteiger charge is 2.16. The SMILES string of the molecule is N=C/C(=C\NC1COC1)c1ccncc1/C=C/C(=O)Nc1ccc(CN2CCOCC2)cc1. The molecule has 0 bridgehead atoms. The van der Waals surface area contributed by atoms with E-state index in [4.69, 9.17) is 14.9 Å². The zero-order valence-corrected chi connectivity index (χ0v) is 18.5. The number of aromatic nitrogens is 1. The highest BCUT2D eigenvalue weighted by molar-refractivity contribution is 6.10. The van der Waals surface area contributed by atoms with Crippen molar-refractivity contribution in [3.8, 4) is 0 Å². The van der Waals surface area contributed by atoms with Crippen LogP contribution in [0.5, 0.6) is 0 Å². The summed E-state index contributed by atoms with van der Waals surface area (Å²) < 4.78 is 10.6. The molecule has 0 atom stereocenters. The van der Waals surface area contributed by atoms with Crippen LogP contribution in [-0.4, -0.2) is 67.6 Å². The summed E-state index contributed by atoms with van der Waals surface area (Å²) in [6, 6.07) is 10.0. The molecule has 0 aliphatic carbocycles. The molecule has 4 rings (SSSR count). The highest BCUT2D eigenvalue weighted by atomic mass is 16.5. The lowest BCUT2D eigenvalue weighted by Gasteiger charge is -2.26. The summed E-state index contributed by atoms with van der Waals surface area (Å²) in [5, 5.41) is 13.9. The fourth-order valence-electron chi connectivity index (χ4n) is 3.60. The summed E-state index contributed by atoms with van der Waals surface area (Å²) >= 11 is 0. The second kappa shape index (κ2) is 11.5. The van der Waals surface area contributed by atoms with Crippen LogP contribution in [-0.2, 0) is 20.8 Å². The van der Waals surface area contributed by atoms with Gasteiger partial charge in [-0.3, -0.25) is 14.7 Å². The van der Waals surface area contributed by atoms with E-state index in [1.807, 2.05) is 36.5 Å². The minimum atomic E-state index is -0.226. The van der Waals surface area contributed by atoms with Gasteiger partial charge in [-0.05, 0) is 35.4 Å². The van der Waals surface area contributed by atoms with Crippen LogP contribution < -0.4 is 10.6 Å². The first kappa shape index (κ1) is 22.8. The van der Waals surface area contributed by atoms with Gasteiger partial charge in [0.2, 0.25) is 5.91 Å². The van der Waals surface area contributed by atoms with E-state index in [0.717, 1.165) is 49.7 Å². The first-order valence-electron chi connectivity index (χ1n) is 11.1. The monoisotopic (exact) mass is 447 g/mol. The number of ether oxygens (including phenoxy) is 2. The maximum atomic E-state index is 12.5. The third kappa shape index (κ3) is 6.58. The van der Waals surface area contributed by atoms with Gasteiger partial charge in [-0.25, -0.2) is 0 Å². The molecule has 33 heavy (non-hydrogen) atoms. The Hall–Kier alpha value is -3.33. The van der Waals surface area contributed by atoms with Gasteiger partial charge in [0.15, 0.2) is 0 Å². The lowest BCUT2D eigenvalue weighted by Crippen LogP contribution is -2.43. The second-order valence-corrected chi connectivity index (χ2v) is 8.02. The van der Waals surface area contributed by atoms with Gasteiger partial charge in [0.25, 0.3) is 0 Å². The van der Waals surface area contributed by atoms with E-state index in [0.29, 0.717) is 18.8 Å². The van der Waals surface area contributed by atoms with Gasteiger partial charge in [-0.2, -0.15) is 0 Å². The van der Waals surface area contributed by atoms with Crippen LogP contribution in [0.25, 0.3) is 11.6 Å². The van der Waals surface area contributed by atoms with Gasteiger partial charge >= 0.3 is 0 Å². The molecule has 1 aromatic heterocycles. The van der Waals surface area contributed by atoms with Crippen LogP contribution in [0.4, 0.5) is 5.69 Å². The Morgan fingerprint density at radius 3 is 2.64 bits per heavy atom. The number of nitrogens with one attached hydrogen (secondary N) is 3. The van der Waals surface area contributed by atoms with Gasteiger partial charge in [0.1, 0.15) is 0 Å². The molecular weight excluding hydrogens is 418 g/mol. The molecule has 0 spiro atoms. The molecule has 1 amide bonds. The van der Waals surface area contributed by atoms with Crippen molar-refractivity contribution < 1.29 is 14.3 Å². The minimum Gasteiger partial charge on any atom is -0.383 e. The highest BCUT2D eigenvalue weighted by Crippen LogP contribution is 2.19. The summed E-state index contributed by atoms with van der Waals surface area (Å²) in [5.74, 6) is -0.226. The largest absolute Gasteiger partial charge is 0.383 e. The predicted molar refractivity (Wildman–Crippen MR) is 129 cm³/mol. The molecule has 8 heteroatoms.